The largest absolute Gasteiger partial charge is 0.311 e. The Balaban J connectivity index is 1.93. The van der Waals surface area contributed by atoms with Crippen molar-refractivity contribution in [1.82, 2.24) is 10.2 Å². The highest BCUT2D eigenvalue weighted by Crippen LogP contribution is 2.19. The average Bonchev–Trinajstić information content (AvgIpc) is 2.45. The number of hydrogen-bond donors (Lipinski definition) is 1. The van der Waals surface area contributed by atoms with Gasteiger partial charge >= 0.3 is 0 Å². The summed E-state index contributed by atoms with van der Waals surface area (Å²) < 4.78 is 0. The lowest BCUT2D eigenvalue weighted by Crippen LogP contribution is -2.58. The van der Waals surface area contributed by atoms with E-state index >= 15 is 0 Å². The smallest absolute Gasteiger partial charge is 0.0244 e. The van der Waals surface area contributed by atoms with Gasteiger partial charge in [0.15, 0.2) is 0 Å². The maximum atomic E-state index is 3.77. The van der Waals surface area contributed by atoms with Gasteiger partial charge in [0.2, 0.25) is 0 Å². The molecule has 0 amide bonds. The first-order valence-corrected chi connectivity index (χ1v) is 8.57. The summed E-state index contributed by atoms with van der Waals surface area (Å²) in [5, 5.41) is 3.77. The molecule has 0 aliphatic carbocycles. The molecule has 1 heterocycles. The van der Waals surface area contributed by atoms with E-state index in [0.29, 0.717) is 18.0 Å². The lowest BCUT2D eigenvalue weighted by Gasteiger charge is -2.43. The van der Waals surface area contributed by atoms with Crippen LogP contribution in [0.2, 0.25) is 0 Å². The maximum Gasteiger partial charge on any atom is 0.0244 e. The van der Waals surface area contributed by atoms with Crippen LogP contribution in [0, 0.1) is 11.8 Å². The molecule has 2 rings (SSSR count). The highest BCUT2D eigenvalue weighted by Gasteiger charge is 2.29. The van der Waals surface area contributed by atoms with Crippen LogP contribution in [0.5, 0.6) is 0 Å². The van der Waals surface area contributed by atoms with Crippen LogP contribution in [0.3, 0.4) is 0 Å². The van der Waals surface area contributed by atoms with Gasteiger partial charge < -0.3 is 5.32 Å². The second-order valence-corrected chi connectivity index (χ2v) is 7.28. The van der Waals surface area contributed by atoms with E-state index in [4.69, 9.17) is 0 Å². The third kappa shape index (κ3) is 5.12. The summed E-state index contributed by atoms with van der Waals surface area (Å²) in [6, 6.07) is 12.2. The second-order valence-electron chi connectivity index (χ2n) is 7.28. The van der Waals surface area contributed by atoms with E-state index < -0.39 is 0 Å². The van der Waals surface area contributed by atoms with Gasteiger partial charge in [-0.2, -0.15) is 0 Å². The van der Waals surface area contributed by atoms with Crippen molar-refractivity contribution in [3.63, 3.8) is 0 Å². The average molecular weight is 288 g/mol. The number of benzene rings is 1. The van der Waals surface area contributed by atoms with Crippen LogP contribution in [0.4, 0.5) is 0 Å². The predicted octanol–water partition coefficient (Wildman–Crippen LogP) is 3.57. The predicted molar refractivity (Wildman–Crippen MR) is 91.6 cm³/mol. The molecular formula is C19H32N2. The lowest BCUT2D eigenvalue weighted by atomic mass is 9.94. The molecule has 2 atom stereocenters. The van der Waals surface area contributed by atoms with Crippen molar-refractivity contribution in [2.45, 2.75) is 52.6 Å². The molecule has 0 bridgehead atoms. The van der Waals surface area contributed by atoms with Crippen LogP contribution in [-0.4, -0.2) is 36.6 Å². The molecule has 1 aliphatic rings. The minimum absolute atomic E-state index is 0.663. The quantitative estimate of drug-likeness (QED) is 0.861. The minimum atomic E-state index is 0.663. The molecule has 0 radical (unpaired) electrons. The molecule has 2 heteroatoms. The summed E-state index contributed by atoms with van der Waals surface area (Å²) in [6.45, 7) is 12.9. The first-order valence-electron chi connectivity index (χ1n) is 8.57. The van der Waals surface area contributed by atoms with Crippen LogP contribution in [0.15, 0.2) is 30.3 Å². The van der Waals surface area contributed by atoms with Gasteiger partial charge in [0.1, 0.15) is 0 Å². The fraction of sp³-hybridized carbons (Fsp3) is 0.684. The monoisotopic (exact) mass is 288 g/mol. The molecule has 2 unspecified atom stereocenters. The summed E-state index contributed by atoms with van der Waals surface area (Å²) in [7, 11) is 0. The first-order chi connectivity index (χ1) is 10.1. The normalized spacial score (nSPS) is 23.9. The van der Waals surface area contributed by atoms with Gasteiger partial charge in [-0.25, -0.2) is 0 Å². The topological polar surface area (TPSA) is 15.3 Å². The van der Waals surface area contributed by atoms with Crippen molar-refractivity contribution < 1.29 is 0 Å². The van der Waals surface area contributed by atoms with E-state index in [1.54, 1.807) is 0 Å². The Morgan fingerprint density at radius 2 is 1.86 bits per heavy atom. The molecule has 2 nitrogen and oxygen atoms in total. The van der Waals surface area contributed by atoms with Crippen molar-refractivity contribution in [2.75, 3.05) is 19.6 Å². The molecule has 1 saturated heterocycles. The molecule has 0 aromatic heterocycles. The van der Waals surface area contributed by atoms with E-state index in [1.807, 2.05) is 0 Å². The first kappa shape index (κ1) is 16.5. The maximum absolute atomic E-state index is 3.77. The van der Waals surface area contributed by atoms with E-state index in [0.717, 1.165) is 12.5 Å². The fourth-order valence-electron chi connectivity index (χ4n) is 3.46. The van der Waals surface area contributed by atoms with Gasteiger partial charge in [-0.3, -0.25) is 4.90 Å². The number of nitrogens with one attached hydrogen (secondary N) is 1. The second kappa shape index (κ2) is 7.95. The molecule has 21 heavy (non-hydrogen) atoms. The molecular weight excluding hydrogens is 256 g/mol. The summed E-state index contributed by atoms with van der Waals surface area (Å²) in [6.07, 6.45) is 2.45. The summed E-state index contributed by atoms with van der Waals surface area (Å²) in [4.78, 5) is 2.72. The number of hydrogen-bond acceptors (Lipinski definition) is 2. The Kier molecular flexibility index (Phi) is 6.25. The van der Waals surface area contributed by atoms with Crippen molar-refractivity contribution in [3.8, 4) is 0 Å². The number of rotatable bonds is 6. The number of piperazine rings is 1. The number of nitrogens with zero attached hydrogens (tertiary/aromatic N) is 1. The SMILES string of the molecule is CC(C)CC1CN(CCc2ccccc2)C(C(C)C)CN1. The Hall–Kier alpha value is -0.860. The van der Waals surface area contributed by atoms with Crippen LogP contribution >= 0.6 is 0 Å². The highest BCUT2D eigenvalue weighted by atomic mass is 15.2. The molecule has 1 aliphatic heterocycles. The summed E-state index contributed by atoms with van der Waals surface area (Å²) in [5.41, 5.74) is 1.46. The van der Waals surface area contributed by atoms with Gasteiger partial charge in [-0.05, 0) is 30.2 Å². The van der Waals surface area contributed by atoms with E-state index in [2.05, 4.69) is 68.2 Å². The van der Waals surface area contributed by atoms with Crippen molar-refractivity contribution >= 4 is 0 Å². The van der Waals surface area contributed by atoms with Gasteiger partial charge in [0, 0.05) is 31.7 Å². The molecule has 1 aromatic rings. The fourth-order valence-corrected chi connectivity index (χ4v) is 3.46. The molecule has 0 saturated carbocycles. The van der Waals surface area contributed by atoms with Crippen LogP contribution in [0.1, 0.15) is 39.7 Å². The van der Waals surface area contributed by atoms with E-state index in [1.165, 1.54) is 31.5 Å². The van der Waals surface area contributed by atoms with E-state index in [-0.39, 0.29) is 0 Å². The zero-order valence-corrected chi connectivity index (χ0v) is 14.2. The summed E-state index contributed by atoms with van der Waals surface area (Å²) in [5.74, 6) is 1.49. The third-order valence-electron chi connectivity index (χ3n) is 4.60. The van der Waals surface area contributed by atoms with Gasteiger partial charge in [0.25, 0.3) is 0 Å². The third-order valence-corrected chi connectivity index (χ3v) is 4.60. The molecule has 1 N–H and O–H groups in total. The lowest BCUT2D eigenvalue weighted by molar-refractivity contribution is 0.0934. The van der Waals surface area contributed by atoms with Crippen LogP contribution in [0.25, 0.3) is 0 Å². The zero-order chi connectivity index (χ0) is 15.2. The van der Waals surface area contributed by atoms with Crippen molar-refractivity contribution in [3.05, 3.63) is 35.9 Å². The highest BCUT2D eigenvalue weighted by molar-refractivity contribution is 5.15. The molecule has 0 spiro atoms. The van der Waals surface area contributed by atoms with Crippen LogP contribution in [-0.2, 0) is 6.42 Å². The Labute approximate surface area is 130 Å². The van der Waals surface area contributed by atoms with Gasteiger partial charge in [-0.1, -0.05) is 58.0 Å². The Morgan fingerprint density at radius 1 is 1.14 bits per heavy atom. The Bertz CT molecular complexity index is 399. The Morgan fingerprint density at radius 3 is 2.48 bits per heavy atom. The molecule has 118 valence electrons. The van der Waals surface area contributed by atoms with Gasteiger partial charge in [0.05, 0.1) is 0 Å². The minimum Gasteiger partial charge on any atom is -0.311 e. The van der Waals surface area contributed by atoms with Crippen molar-refractivity contribution in [1.29, 1.82) is 0 Å². The molecule has 1 aromatic carbocycles. The van der Waals surface area contributed by atoms with Crippen LogP contribution < -0.4 is 5.32 Å². The standard InChI is InChI=1S/C19H32N2/c1-15(2)12-18-14-21(19(13-20-18)16(3)4)11-10-17-8-6-5-7-9-17/h5-9,15-16,18-20H,10-14H2,1-4H3. The summed E-state index contributed by atoms with van der Waals surface area (Å²) >= 11 is 0. The molecule has 1 fully saturated rings. The van der Waals surface area contributed by atoms with E-state index in [9.17, 15) is 0 Å². The zero-order valence-electron chi connectivity index (χ0n) is 14.2. The van der Waals surface area contributed by atoms with Gasteiger partial charge in [-0.15, -0.1) is 0 Å². The van der Waals surface area contributed by atoms with Crippen molar-refractivity contribution in [2.24, 2.45) is 11.8 Å².